The molecule has 0 aromatic heterocycles. The van der Waals surface area contributed by atoms with Crippen LogP contribution >= 0.6 is 0 Å². The highest BCUT2D eigenvalue weighted by atomic mass is 15.2. The first-order valence-electron chi connectivity index (χ1n) is 6.55. The van der Waals surface area contributed by atoms with Crippen molar-refractivity contribution in [3.8, 4) is 6.07 Å². The summed E-state index contributed by atoms with van der Waals surface area (Å²) in [6.07, 6.45) is 1.14. The van der Waals surface area contributed by atoms with Crippen LogP contribution in [-0.2, 0) is 0 Å². The number of benzene rings is 1. The predicted octanol–water partition coefficient (Wildman–Crippen LogP) is 2.53. The van der Waals surface area contributed by atoms with Crippen molar-refractivity contribution in [1.82, 2.24) is 5.32 Å². The average Bonchev–Trinajstić information content (AvgIpc) is 2.48. The van der Waals surface area contributed by atoms with Crippen LogP contribution in [0.1, 0.15) is 32.8 Å². The Bertz CT molecular complexity index is 442. The fourth-order valence-corrected chi connectivity index (χ4v) is 2.82. The molecule has 3 heteroatoms. The molecule has 1 aliphatic rings. The molecule has 0 radical (unpaired) electrons. The molecule has 1 saturated heterocycles. The number of nitrogens with one attached hydrogen (secondary N) is 1. The molecule has 1 aromatic carbocycles. The van der Waals surface area contributed by atoms with Crippen molar-refractivity contribution in [3.63, 3.8) is 0 Å². The molecule has 1 heterocycles. The van der Waals surface area contributed by atoms with Crippen LogP contribution in [0.4, 0.5) is 5.69 Å². The second-order valence-corrected chi connectivity index (χ2v) is 5.66. The van der Waals surface area contributed by atoms with Crippen LogP contribution in [0.5, 0.6) is 0 Å². The number of hydrogen-bond acceptors (Lipinski definition) is 3. The Hall–Kier alpha value is -1.53. The second-order valence-electron chi connectivity index (χ2n) is 5.66. The summed E-state index contributed by atoms with van der Waals surface area (Å²) in [5.41, 5.74) is 2.01. The normalized spacial score (nSPS) is 23.2. The molecule has 1 atom stereocenters. The van der Waals surface area contributed by atoms with E-state index in [1.165, 1.54) is 5.69 Å². The Morgan fingerprint density at radius 2 is 2.00 bits per heavy atom. The summed E-state index contributed by atoms with van der Waals surface area (Å²) in [6.45, 7) is 8.85. The molecule has 18 heavy (non-hydrogen) atoms. The van der Waals surface area contributed by atoms with E-state index in [-0.39, 0.29) is 5.54 Å². The summed E-state index contributed by atoms with van der Waals surface area (Å²) in [5, 5.41) is 12.4. The summed E-state index contributed by atoms with van der Waals surface area (Å²) in [7, 11) is 0. The number of hydrogen-bond donors (Lipinski definition) is 1. The Labute approximate surface area is 109 Å². The van der Waals surface area contributed by atoms with Gasteiger partial charge < -0.3 is 10.2 Å². The van der Waals surface area contributed by atoms with E-state index < -0.39 is 0 Å². The molecule has 0 aliphatic carbocycles. The molecule has 0 bridgehead atoms. The molecule has 1 aliphatic heterocycles. The summed E-state index contributed by atoms with van der Waals surface area (Å²) >= 11 is 0. The van der Waals surface area contributed by atoms with E-state index in [1.54, 1.807) is 0 Å². The molecule has 1 unspecified atom stereocenters. The van der Waals surface area contributed by atoms with Gasteiger partial charge in [-0.05, 0) is 58.0 Å². The molecular weight excluding hydrogens is 222 g/mol. The van der Waals surface area contributed by atoms with E-state index in [0.29, 0.717) is 6.04 Å². The highest BCUT2D eigenvalue weighted by molar-refractivity contribution is 5.52. The first-order valence-corrected chi connectivity index (χ1v) is 6.55. The maximum Gasteiger partial charge on any atom is 0.0991 e. The number of anilines is 1. The van der Waals surface area contributed by atoms with Crippen molar-refractivity contribution in [2.75, 3.05) is 18.0 Å². The van der Waals surface area contributed by atoms with Crippen molar-refractivity contribution >= 4 is 5.69 Å². The SMILES string of the molecule is CC1CCNCC(C)(C)N1c1ccc(C#N)cc1. The van der Waals surface area contributed by atoms with Gasteiger partial charge >= 0.3 is 0 Å². The lowest BCUT2D eigenvalue weighted by Crippen LogP contribution is -2.51. The summed E-state index contributed by atoms with van der Waals surface area (Å²) in [6, 6.07) is 10.6. The quantitative estimate of drug-likeness (QED) is 0.823. The van der Waals surface area contributed by atoms with Crippen molar-refractivity contribution in [2.24, 2.45) is 0 Å². The molecule has 0 amide bonds. The van der Waals surface area contributed by atoms with Gasteiger partial charge in [-0.1, -0.05) is 0 Å². The first-order chi connectivity index (χ1) is 8.54. The fourth-order valence-electron chi connectivity index (χ4n) is 2.82. The van der Waals surface area contributed by atoms with Crippen LogP contribution in [0.2, 0.25) is 0 Å². The van der Waals surface area contributed by atoms with Gasteiger partial charge in [0.25, 0.3) is 0 Å². The van der Waals surface area contributed by atoms with Gasteiger partial charge in [-0.3, -0.25) is 0 Å². The van der Waals surface area contributed by atoms with E-state index in [0.717, 1.165) is 25.1 Å². The Morgan fingerprint density at radius 3 is 2.61 bits per heavy atom. The van der Waals surface area contributed by atoms with Crippen LogP contribution in [-0.4, -0.2) is 24.7 Å². The zero-order valence-electron chi connectivity index (χ0n) is 11.4. The molecular formula is C15H21N3. The maximum atomic E-state index is 8.86. The monoisotopic (exact) mass is 243 g/mol. The highest BCUT2D eigenvalue weighted by Crippen LogP contribution is 2.29. The van der Waals surface area contributed by atoms with E-state index in [9.17, 15) is 0 Å². The minimum Gasteiger partial charge on any atom is -0.362 e. The zero-order valence-corrected chi connectivity index (χ0v) is 11.4. The van der Waals surface area contributed by atoms with Crippen LogP contribution in [0.15, 0.2) is 24.3 Å². The van der Waals surface area contributed by atoms with Crippen LogP contribution in [0.25, 0.3) is 0 Å². The van der Waals surface area contributed by atoms with E-state index in [2.05, 4.69) is 49.2 Å². The number of rotatable bonds is 1. The van der Waals surface area contributed by atoms with Crippen molar-refractivity contribution in [2.45, 2.75) is 38.8 Å². The van der Waals surface area contributed by atoms with Gasteiger partial charge in [0.15, 0.2) is 0 Å². The molecule has 96 valence electrons. The molecule has 1 fully saturated rings. The minimum atomic E-state index is 0.0874. The highest BCUT2D eigenvalue weighted by Gasteiger charge is 2.32. The van der Waals surface area contributed by atoms with E-state index in [4.69, 9.17) is 5.26 Å². The summed E-state index contributed by atoms with van der Waals surface area (Å²) in [4.78, 5) is 2.47. The summed E-state index contributed by atoms with van der Waals surface area (Å²) < 4.78 is 0. The third-order valence-corrected chi connectivity index (χ3v) is 3.66. The molecule has 1 aromatic rings. The molecule has 1 N–H and O–H groups in total. The minimum absolute atomic E-state index is 0.0874. The second kappa shape index (κ2) is 4.99. The molecule has 3 nitrogen and oxygen atoms in total. The molecule has 0 spiro atoms. The number of nitriles is 1. The average molecular weight is 243 g/mol. The van der Waals surface area contributed by atoms with Crippen molar-refractivity contribution in [3.05, 3.63) is 29.8 Å². The fraction of sp³-hybridized carbons (Fsp3) is 0.533. The lowest BCUT2D eigenvalue weighted by atomic mass is 9.99. The topological polar surface area (TPSA) is 39.1 Å². The van der Waals surface area contributed by atoms with Gasteiger partial charge in [-0.25, -0.2) is 0 Å². The Morgan fingerprint density at radius 1 is 1.33 bits per heavy atom. The zero-order chi connectivity index (χ0) is 13.2. The van der Waals surface area contributed by atoms with Gasteiger partial charge in [-0.15, -0.1) is 0 Å². The standard InChI is InChI=1S/C15H21N3/c1-12-8-9-17-11-15(2,3)18(12)14-6-4-13(10-16)5-7-14/h4-7,12,17H,8-9,11H2,1-3H3. The molecule has 0 saturated carbocycles. The van der Waals surface area contributed by atoms with Crippen LogP contribution in [0, 0.1) is 11.3 Å². The smallest absolute Gasteiger partial charge is 0.0991 e. The third-order valence-electron chi connectivity index (χ3n) is 3.66. The maximum absolute atomic E-state index is 8.86. The largest absolute Gasteiger partial charge is 0.362 e. The lowest BCUT2D eigenvalue weighted by Gasteiger charge is -2.42. The van der Waals surface area contributed by atoms with Gasteiger partial charge in [0.1, 0.15) is 0 Å². The first kappa shape index (κ1) is 12.9. The predicted molar refractivity (Wildman–Crippen MR) is 74.7 cm³/mol. The third kappa shape index (κ3) is 2.49. The van der Waals surface area contributed by atoms with Crippen molar-refractivity contribution in [1.29, 1.82) is 5.26 Å². The Kier molecular flexibility index (Phi) is 3.58. The molecule has 2 rings (SSSR count). The summed E-state index contributed by atoms with van der Waals surface area (Å²) in [5.74, 6) is 0. The van der Waals surface area contributed by atoms with Crippen LogP contribution < -0.4 is 10.2 Å². The van der Waals surface area contributed by atoms with E-state index >= 15 is 0 Å². The van der Waals surface area contributed by atoms with Gasteiger partial charge in [0.05, 0.1) is 11.6 Å². The van der Waals surface area contributed by atoms with Gasteiger partial charge in [0.2, 0.25) is 0 Å². The van der Waals surface area contributed by atoms with Gasteiger partial charge in [0, 0.05) is 23.8 Å². The van der Waals surface area contributed by atoms with Crippen LogP contribution in [0.3, 0.4) is 0 Å². The van der Waals surface area contributed by atoms with Crippen molar-refractivity contribution < 1.29 is 0 Å². The van der Waals surface area contributed by atoms with Gasteiger partial charge in [-0.2, -0.15) is 5.26 Å². The lowest BCUT2D eigenvalue weighted by molar-refractivity contribution is 0.433. The Balaban J connectivity index is 2.34. The van der Waals surface area contributed by atoms with E-state index in [1.807, 2.05) is 12.1 Å². The number of nitrogens with zero attached hydrogens (tertiary/aromatic N) is 2.